The average Bonchev–Trinajstić information content (AvgIpc) is 2.50. The zero-order chi connectivity index (χ0) is 13.9. The maximum atomic E-state index is 12.1. The lowest BCUT2D eigenvalue weighted by molar-refractivity contribution is 0.0975. The minimum absolute atomic E-state index is 0.106. The van der Waals surface area contributed by atoms with Gasteiger partial charge in [-0.3, -0.25) is 4.79 Å². The number of nitrogens with zero attached hydrogens (tertiary/aromatic N) is 2. The highest BCUT2D eigenvalue weighted by atomic mass is 16.5. The Kier molecular flexibility index (Phi) is 3.37. The summed E-state index contributed by atoms with van der Waals surface area (Å²) in [4.78, 5) is 18.4. The van der Waals surface area contributed by atoms with Gasteiger partial charge in [-0.15, -0.1) is 0 Å². The number of anilines is 1. The Morgan fingerprint density at radius 3 is 2.85 bits per heavy atom. The van der Waals surface area contributed by atoms with Gasteiger partial charge in [0.05, 0.1) is 0 Å². The Morgan fingerprint density at radius 1 is 1.25 bits per heavy atom. The monoisotopic (exact) mass is 268 g/mol. The van der Waals surface area contributed by atoms with Crippen molar-refractivity contribution in [3.8, 4) is 5.75 Å². The first-order valence-corrected chi connectivity index (χ1v) is 6.66. The van der Waals surface area contributed by atoms with E-state index < -0.39 is 0 Å². The summed E-state index contributed by atoms with van der Waals surface area (Å²) >= 11 is 0. The molecule has 0 fully saturated rings. The number of rotatable bonds is 3. The van der Waals surface area contributed by atoms with Crippen LogP contribution < -0.4 is 9.64 Å². The van der Waals surface area contributed by atoms with Gasteiger partial charge in [-0.25, -0.2) is 4.98 Å². The summed E-state index contributed by atoms with van der Waals surface area (Å²) < 4.78 is 5.82. The summed E-state index contributed by atoms with van der Waals surface area (Å²) in [6.07, 6.45) is 2.20. The molecule has 2 aromatic rings. The zero-order valence-corrected chi connectivity index (χ0v) is 11.4. The SMILES string of the molecule is CN1CCC(=O)c2c(OCc3ccccc3)ccnc21. The predicted molar refractivity (Wildman–Crippen MR) is 77.2 cm³/mol. The first-order chi connectivity index (χ1) is 9.75. The lowest BCUT2D eigenvalue weighted by Gasteiger charge is -2.26. The molecule has 0 saturated heterocycles. The van der Waals surface area contributed by atoms with Crippen molar-refractivity contribution >= 4 is 11.6 Å². The molecule has 4 nitrogen and oxygen atoms in total. The third kappa shape index (κ3) is 2.37. The molecule has 3 rings (SSSR count). The number of ketones is 1. The molecular formula is C16H16N2O2. The van der Waals surface area contributed by atoms with Gasteiger partial charge in [-0.05, 0) is 11.6 Å². The fourth-order valence-electron chi connectivity index (χ4n) is 2.34. The number of carbonyl (C=O) groups is 1. The molecule has 0 atom stereocenters. The molecule has 0 unspecified atom stereocenters. The topological polar surface area (TPSA) is 42.4 Å². The summed E-state index contributed by atoms with van der Waals surface area (Å²) in [7, 11) is 1.94. The van der Waals surface area contributed by atoms with Crippen LogP contribution in [0.15, 0.2) is 42.6 Å². The Morgan fingerprint density at radius 2 is 2.05 bits per heavy atom. The molecule has 1 aromatic heterocycles. The Labute approximate surface area is 118 Å². The van der Waals surface area contributed by atoms with Gasteiger partial charge >= 0.3 is 0 Å². The van der Waals surface area contributed by atoms with Crippen LogP contribution in [0.25, 0.3) is 0 Å². The highest BCUT2D eigenvalue weighted by Crippen LogP contribution is 2.31. The lowest BCUT2D eigenvalue weighted by atomic mass is 10.0. The van der Waals surface area contributed by atoms with E-state index in [9.17, 15) is 4.79 Å². The molecule has 2 heterocycles. The number of hydrogen-bond donors (Lipinski definition) is 0. The molecule has 0 saturated carbocycles. The van der Waals surface area contributed by atoms with Crippen LogP contribution in [-0.4, -0.2) is 24.4 Å². The Balaban J connectivity index is 1.87. The van der Waals surface area contributed by atoms with Gasteiger partial charge in [0.1, 0.15) is 23.7 Å². The number of pyridine rings is 1. The lowest BCUT2D eigenvalue weighted by Crippen LogP contribution is -2.29. The molecule has 0 N–H and O–H groups in total. The molecule has 0 radical (unpaired) electrons. The van der Waals surface area contributed by atoms with Crippen molar-refractivity contribution in [2.45, 2.75) is 13.0 Å². The third-order valence-electron chi connectivity index (χ3n) is 3.44. The summed E-state index contributed by atoms with van der Waals surface area (Å²) in [6, 6.07) is 11.7. The standard InChI is InChI=1S/C16H16N2O2/c1-18-10-8-13(19)15-14(7-9-17-16(15)18)20-11-12-5-3-2-4-6-12/h2-7,9H,8,10-11H2,1H3. The van der Waals surface area contributed by atoms with Crippen LogP contribution in [0.1, 0.15) is 22.3 Å². The summed E-state index contributed by atoms with van der Waals surface area (Å²) in [6.45, 7) is 1.16. The second kappa shape index (κ2) is 5.33. The second-order valence-corrected chi connectivity index (χ2v) is 4.88. The number of benzene rings is 1. The van der Waals surface area contributed by atoms with Gasteiger partial charge < -0.3 is 9.64 Å². The van der Waals surface area contributed by atoms with E-state index in [2.05, 4.69) is 4.98 Å². The molecule has 1 aromatic carbocycles. The van der Waals surface area contributed by atoms with Gasteiger partial charge in [-0.1, -0.05) is 30.3 Å². The average molecular weight is 268 g/mol. The molecule has 102 valence electrons. The van der Waals surface area contributed by atoms with Crippen molar-refractivity contribution in [1.29, 1.82) is 0 Å². The second-order valence-electron chi connectivity index (χ2n) is 4.88. The van der Waals surface area contributed by atoms with Crippen LogP contribution in [0.3, 0.4) is 0 Å². The maximum absolute atomic E-state index is 12.1. The van der Waals surface area contributed by atoms with E-state index in [0.717, 1.165) is 5.56 Å². The van der Waals surface area contributed by atoms with Gasteiger partial charge in [0, 0.05) is 26.2 Å². The molecule has 0 spiro atoms. The van der Waals surface area contributed by atoms with Crippen molar-refractivity contribution in [3.63, 3.8) is 0 Å². The van der Waals surface area contributed by atoms with Crippen molar-refractivity contribution in [1.82, 2.24) is 4.98 Å². The van der Waals surface area contributed by atoms with Crippen LogP contribution in [0.5, 0.6) is 5.75 Å². The van der Waals surface area contributed by atoms with Crippen LogP contribution in [0, 0.1) is 0 Å². The summed E-state index contributed by atoms with van der Waals surface area (Å²) in [5.74, 6) is 1.44. The Bertz CT molecular complexity index is 626. The molecule has 0 amide bonds. The number of ether oxygens (including phenoxy) is 1. The molecule has 0 bridgehead atoms. The van der Waals surface area contributed by atoms with E-state index in [1.165, 1.54) is 0 Å². The summed E-state index contributed by atoms with van der Waals surface area (Å²) in [5, 5.41) is 0. The highest BCUT2D eigenvalue weighted by Gasteiger charge is 2.25. The highest BCUT2D eigenvalue weighted by molar-refractivity contribution is 6.04. The van der Waals surface area contributed by atoms with E-state index in [1.807, 2.05) is 42.3 Å². The van der Waals surface area contributed by atoms with Gasteiger partial charge in [0.25, 0.3) is 0 Å². The number of aromatic nitrogens is 1. The number of Topliss-reactive ketones (excluding diaryl/α,β-unsaturated/α-hetero) is 1. The van der Waals surface area contributed by atoms with E-state index in [4.69, 9.17) is 4.74 Å². The van der Waals surface area contributed by atoms with Gasteiger partial charge in [0.2, 0.25) is 0 Å². The molecule has 0 aliphatic carbocycles. The third-order valence-corrected chi connectivity index (χ3v) is 3.44. The van der Waals surface area contributed by atoms with Crippen molar-refractivity contribution in [2.75, 3.05) is 18.5 Å². The normalized spacial score (nSPS) is 14.1. The molecule has 20 heavy (non-hydrogen) atoms. The fraction of sp³-hybridized carbons (Fsp3) is 0.250. The molecule has 4 heteroatoms. The minimum atomic E-state index is 0.106. The Hall–Kier alpha value is -2.36. The summed E-state index contributed by atoms with van der Waals surface area (Å²) in [5.41, 5.74) is 1.69. The number of hydrogen-bond acceptors (Lipinski definition) is 4. The van der Waals surface area contributed by atoms with Crippen molar-refractivity contribution in [3.05, 3.63) is 53.7 Å². The molecule has 1 aliphatic heterocycles. The largest absolute Gasteiger partial charge is 0.488 e. The first kappa shape index (κ1) is 12.7. The van der Waals surface area contributed by atoms with Crippen LogP contribution in [0.2, 0.25) is 0 Å². The maximum Gasteiger partial charge on any atom is 0.172 e. The van der Waals surface area contributed by atoms with Gasteiger partial charge in [-0.2, -0.15) is 0 Å². The fourth-order valence-corrected chi connectivity index (χ4v) is 2.34. The minimum Gasteiger partial charge on any atom is -0.488 e. The zero-order valence-electron chi connectivity index (χ0n) is 11.4. The number of carbonyl (C=O) groups excluding carboxylic acids is 1. The van der Waals surface area contributed by atoms with Crippen LogP contribution in [-0.2, 0) is 6.61 Å². The van der Waals surface area contributed by atoms with E-state index in [1.54, 1.807) is 12.3 Å². The van der Waals surface area contributed by atoms with Gasteiger partial charge in [0.15, 0.2) is 5.78 Å². The van der Waals surface area contributed by atoms with E-state index in [0.29, 0.717) is 36.7 Å². The van der Waals surface area contributed by atoms with Crippen molar-refractivity contribution < 1.29 is 9.53 Å². The quantitative estimate of drug-likeness (QED) is 0.858. The smallest absolute Gasteiger partial charge is 0.172 e. The molecule has 1 aliphatic rings. The number of fused-ring (bicyclic) bond motifs is 1. The van der Waals surface area contributed by atoms with E-state index >= 15 is 0 Å². The first-order valence-electron chi connectivity index (χ1n) is 6.66. The van der Waals surface area contributed by atoms with Crippen LogP contribution >= 0.6 is 0 Å². The van der Waals surface area contributed by atoms with Crippen molar-refractivity contribution in [2.24, 2.45) is 0 Å². The molecular weight excluding hydrogens is 252 g/mol. The predicted octanol–water partition coefficient (Wildman–Crippen LogP) is 2.68. The van der Waals surface area contributed by atoms with Crippen LogP contribution in [0.4, 0.5) is 5.82 Å². The van der Waals surface area contributed by atoms with E-state index in [-0.39, 0.29) is 5.78 Å².